The Morgan fingerprint density at radius 2 is 2.05 bits per heavy atom. The van der Waals surface area contributed by atoms with E-state index in [4.69, 9.17) is 11.0 Å². The quantitative estimate of drug-likeness (QED) is 0.794. The van der Waals surface area contributed by atoms with Crippen LogP contribution in [0, 0.1) is 18.3 Å². The molecular formula is C13H20N6. The van der Waals surface area contributed by atoms with Crippen LogP contribution in [0.1, 0.15) is 29.5 Å². The third-order valence-electron chi connectivity index (χ3n) is 3.61. The highest BCUT2D eigenvalue weighted by Crippen LogP contribution is 2.22. The van der Waals surface area contributed by atoms with E-state index in [9.17, 15) is 0 Å². The summed E-state index contributed by atoms with van der Waals surface area (Å²) in [7, 11) is 4.18. The van der Waals surface area contributed by atoms with Gasteiger partial charge in [0.15, 0.2) is 0 Å². The average molecular weight is 260 g/mol. The van der Waals surface area contributed by atoms with E-state index in [2.05, 4.69) is 39.9 Å². The van der Waals surface area contributed by atoms with Crippen LogP contribution < -0.4 is 5.73 Å². The topological polar surface area (TPSA) is 82.1 Å². The van der Waals surface area contributed by atoms with Gasteiger partial charge in [-0.25, -0.2) is 9.97 Å². The molecule has 2 heterocycles. The Morgan fingerprint density at radius 1 is 1.32 bits per heavy atom. The molecule has 0 aliphatic carbocycles. The lowest BCUT2D eigenvalue weighted by molar-refractivity contribution is 0.219. The summed E-state index contributed by atoms with van der Waals surface area (Å²) in [5.74, 6) is 0.996. The zero-order valence-electron chi connectivity index (χ0n) is 11.7. The summed E-state index contributed by atoms with van der Waals surface area (Å²) in [6.45, 7) is 4.77. The van der Waals surface area contributed by atoms with Crippen LogP contribution in [0.3, 0.4) is 0 Å². The van der Waals surface area contributed by atoms with Crippen LogP contribution in [0.2, 0.25) is 0 Å². The van der Waals surface area contributed by atoms with E-state index in [-0.39, 0.29) is 11.9 Å². The van der Waals surface area contributed by atoms with Crippen molar-refractivity contribution >= 4 is 5.82 Å². The maximum absolute atomic E-state index is 9.01. The molecule has 1 atom stereocenters. The highest BCUT2D eigenvalue weighted by atomic mass is 15.2. The lowest BCUT2D eigenvalue weighted by Gasteiger charge is -2.26. The number of hydrogen-bond donors (Lipinski definition) is 1. The van der Waals surface area contributed by atoms with Crippen molar-refractivity contribution in [1.29, 1.82) is 5.26 Å². The van der Waals surface area contributed by atoms with Gasteiger partial charge in [0.05, 0.1) is 11.7 Å². The summed E-state index contributed by atoms with van der Waals surface area (Å²) in [5, 5.41) is 9.01. The van der Waals surface area contributed by atoms with Gasteiger partial charge in [-0.05, 0) is 40.5 Å². The van der Waals surface area contributed by atoms with Gasteiger partial charge in [-0.15, -0.1) is 0 Å². The van der Waals surface area contributed by atoms with Crippen LogP contribution in [-0.4, -0.2) is 53.5 Å². The monoisotopic (exact) mass is 260 g/mol. The maximum Gasteiger partial charge on any atom is 0.149 e. The van der Waals surface area contributed by atoms with Gasteiger partial charge >= 0.3 is 0 Å². The minimum Gasteiger partial charge on any atom is -0.382 e. The van der Waals surface area contributed by atoms with E-state index in [1.165, 1.54) is 0 Å². The second-order valence-corrected chi connectivity index (χ2v) is 5.15. The molecule has 1 aromatic rings. The molecule has 0 radical (unpaired) electrons. The highest BCUT2D eigenvalue weighted by Gasteiger charge is 2.25. The average Bonchev–Trinajstić information content (AvgIpc) is 2.51. The predicted molar refractivity (Wildman–Crippen MR) is 73.4 cm³/mol. The van der Waals surface area contributed by atoms with Crippen LogP contribution in [0.15, 0.2) is 0 Å². The summed E-state index contributed by atoms with van der Waals surface area (Å²) in [4.78, 5) is 13.3. The molecule has 2 N–H and O–H groups in total. The Morgan fingerprint density at radius 3 is 2.68 bits per heavy atom. The van der Waals surface area contributed by atoms with Gasteiger partial charge in [-0.2, -0.15) is 5.26 Å². The van der Waals surface area contributed by atoms with E-state index < -0.39 is 0 Å². The van der Waals surface area contributed by atoms with E-state index in [1.807, 2.05) is 0 Å². The van der Waals surface area contributed by atoms with Gasteiger partial charge in [-0.3, -0.25) is 4.90 Å². The van der Waals surface area contributed by atoms with E-state index >= 15 is 0 Å². The molecule has 6 heteroatoms. The summed E-state index contributed by atoms with van der Waals surface area (Å²) < 4.78 is 0. The minimum atomic E-state index is 0.126. The molecule has 1 unspecified atom stereocenters. The van der Waals surface area contributed by atoms with Crippen molar-refractivity contribution in [2.24, 2.45) is 0 Å². The number of hydrogen-bond acceptors (Lipinski definition) is 6. The maximum atomic E-state index is 9.01. The van der Waals surface area contributed by atoms with E-state index in [0.717, 1.165) is 26.1 Å². The van der Waals surface area contributed by atoms with Crippen molar-refractivity contribution in [2.75, 3.05) is 39.5 Å². The number of nitrogens with two attached hydrogens (primary N) is 1. The third kappa shape index (κ3) is 2.83. The third-order valence-corrected chi connectivity index (χ3v) is 3.61. The fourth-order valence-electron chi connectivity index (χ4n) is 2.46. The molecule has 1 aromatic heterocycles. The first kappa shape index (κ1) is 13.7. The molecule has 0 spiro atoms. The number of nitriles is 1. The van der Waals surface area contributed by atoms with Crippen LogP contribution in [0.5, 0.6) is 0 Å². The van der Waals surface area contributed by atoms with Crippen LogP contribution in [-0.2, 0) is 0 Å². The van der Waals surface area contributed by atoms with Crippen LogP contribution in [0.4, 0.5) is 5.82 Å². The Hall–Kier alpha value is -1.71. The SMILES string of the molecule is Cc1nc(C2CN(C)CCCN2C)nc(N)c1C#N. The lowest BCUT2D eigenvalue weighted by atomic mass is 10.2. The van der Waals surface area contributed by atoms with Gasteiger partial charge < -0.3 is 10.6 Å². The zero-order chi connectivity index (χ0) is 14.0. The number of likely N-dealkylation sites (N-methyl/N-ethyl adjacent to an activating group) is 2. The standard InChI is InChI=1S/C13H20N6/c1-9-10(7-14)12(15)17-13(16-9)11-8-18(2)5-4-6-19(11)3/h11H,4-6,8H2,1-3H3,(H2,15,16,17). The molecular weight excluding hydrogens is 240 g/mol. The summed E-state index contributed by atoms with van der Waals surface area (Å²) in [5.41, 5.74) is 6.89. The normalized spacial score (nSPS) is 21.9. The first-order valence-electron chi connectivity index (χ1n) is 6.45. The first-order chi connectivity index (χ1) is 9.02. The molecule has 0 amide bonds. The molecule has 1 aliphatic rings. The van der Waals surface area contributed by atoms with Crippen molar-refractivity contribution in [3.05, 3.63) is 17.1 Å². The molecule has 0 bridgehead atoms. The smallest absolute Gasteiger partial charge is 0.149 e. The van der Waals surface area contributed by atoms with Gasteiger partial charge in [0, 0.05) is 6.54 Å². The first-order valence-corrected chi connectivity index (χ1v) is 6.45. The van der Waals surface area contributed by atoms with Crippen molar-refractivity contribution in [1.82, 2.24) is 19.8 Å². The number of rotatable bonds is 1. The zero-order valence-corrected chi connectivity index (χ0v) is 11.7. The van der Waals surface area contributed by atoms with Crippen molar-refractivity contribution in [3.63, 3.8) is 0 Å². The van der Waals surface area contributed by atoms with Gasteiger partial charge in [0.25, 0.3) is 0 Å². The van der Waals surface area contributed by atoms with Gasteiger partial charge in [-0.1, -0.05) is 0 Å². The fourth-order valence-corrected chi connectivity index (χ4v) is 2.46. The van der Waals surface area contributed by atoms with Crippen LogP contribution >= 0.6 is 0 Å². The number of nitrogens with zero attached hydrogens (tertiary/aromatic N) is 5. The Labute approximate surface area is 113 Å². The van der Waals surface area contributed by atoms with Gasteiger partial charge in [0.2, 0.25) is 0 Å². The predicted octanol–water partition coefficient (Wildman–Crippen LogP) is 0.547. The number of nitrogen functional groups attached to an aromatic ring is 1. The number of anilines is 1. The van der Waals surface area contributed by atoms with Crippen molar-refractivity contribution < 1.29 is 0 Å². The summed E-state index contributed by atoms with van der Waals surface area (Å²) in [6, 6.07) is 2.18. The Bertz CT molecular complexity index is 483. The van der Waals surface area contributed by atoms with Crippen molar-refractivity contribution in [3.8, 4) is 6.07 Å². The molecule has 0 aromatic carbocycles. The molecule has 0 saturated carbocycles. The second kappa shape index (κ2) is 5.51. The summed E-state index contributed by atoms with van der Waals surface area (Å²) in [6.07, 6.45) is 1.13. The molecule has 1 aliphatic heterocycles. The molecule has 102 valence electrons. The number of aromatic nitrogens is 2. The lowest BCUT2D eigenvalue weighted by Crippen LogP contribution is -2.32. The second-order valence-electron chi connectivity index (χ2n) is 5.15. The number of aryl methyl sites for hydroxylation is 1. The molecule has 1 saturated heterocycles. The molecule has 19 heavy (non-hydrogen) atoms. The highest BCUT2D eigenvalue weighted by molar-refractivity contribution is 5.50. The molecule has 6 nitrogen and oxygen atoms in total. The summed E-state index contributed by atoms with van der Waals surface area (Å²) >= 11 is 0. The van der Waals surface area contributed by atoms with Crippen molar-refractivity contribution in [2.45, 2.75) is 19.4 Å². The molecule has 1 fully saturated rings. The Kier molecular flexibility index (Phi) is 3.98. The minimum absolute atomic E-state index is 0.126. The fraction of sp³-hybridized carbons (Fsp3) is 0.615. The molecule has 2 rings (SSSR count). The van der Waals surface area contributed by atoms with Crippen LogP contribution in [0.25, 0.3) is 0 Å². The van der Waals surface area contributed by atoms with Gasteiger partial charge in [0.1, 0.15) is 23.3 Å². The Balaban J connectivity index is 2.37. The van der Waals surface area contributed by atoms with E-state index in [0.29, 0.717) is 17.1 Å². The largest absolute Gasteiger partial charge is 0.382 e. The van der Waals surface area contributed by atoms with E-state index in [1.54, 1.807) is 6.92 Å².